The van der Waals surface area contributed by atoms with Gasteiger partial charge in [0.2, 0.25) is 0 Å². The first-order chi connectivity index (χ1) is 16.8. The van der Waals surface area contributed by atoms with Crippen LogP contribution in [0.1, 0.15) is 79.4 Å². The third kappa shape index (κ3) is 2.60. The van der Waals surface area contributed by atoms with E-state index in [9.17, 15) is 14.4 Å². The molecule has 35 heavy (non-hydrogen) atoms. The van der Waals surface area contributed by atoms with Crippen LogP contribution in [0.5, 0.6) is 0 Å². The van der Waals surface area contributed by atoms with E-state index < -0.39 is 23.2 Å². The lowest BCUT2D eigenvalue weighted by Crippen LogP contribution is -2.65. The van der Waals surface area contributed by atoms with Crippen LogP contribution < -0.4 is 5.43 Å². The van der Waals surface area contributed by atoms with E-state index in [1.807, 2.05) is 6.92 Å². The molecule has 0 radical (unpaired) electrons. The van der Waals surface area contributed by atoms with E-state index >= 15 is 0 Å². The maximum atomic E-state index is 13.5. The second kappa shape index (κ2) is 6.79. The summed E-state index contributed by atoms with van der Waals surface area (Å²) in [6, 6.07) is 3.21. The molecule has 8 rings (SSSR count). The molecule has 3 saturated heterocycles. The van der Waals surface area contributed by atoms with Crippen LogP contribution in [0, 0.1) is 36.5 Å². The van der Waals surface area contributed by atoms with Gasteiger partial charge in [-0.1, -0.05) is 6.92 Å². The normalized spacial score (nSPS) is 39.2. The van der Waals surface area contributed by atoms with Gasteiger partial charge in [-0.15, -0.1) is 12.3 Å². The third-order valence-electron chi connectivity index (χ3n) is 9.43. The summed E-state index contributed by atoms with van der Waals surface area (Å²) in [7, 11) is 0. The van der Waals surface area contributed by atoms with Crippen molar-refractivity contribution >= 4 is 11.9 Å². The van der Waals surface area contributed by atoms with Gasteiger partial charge in [-0.05, 0) is 35.7 Å². The Balaban J connectivity index is 1.28. The highest BCUT2D eigenvalue weighted by molar-refractivity contribution is 5.84. The van der Waals surface area contributed by atoms with E-state index in [2.05, 4.69) is 23.1 Å². The van der Waals surface area contributed by atoms with Crippen molar-refractivity contribution in [3.05, 3.63) is 44.6 Å². The molecular weight excluding hydrogens is 448 g/mol. The highest BCUT2D eigenvalue weighted by Gasteiger charge is 2.77. The van der Waals surface area contributed by atoms with E-state index in [1.54, 1.807) is 12.1 Å². The van der Waals surface area contributed by atoms with E-state index in [0.717, 1.165) is 16.7 Å². The van der Waals surface area contributed by atoms with E-state index in [1.165, 1.54) is 0 Å². The highest BCUT2D eigenvalue weighted by Crippen LogP contribution is 2.75. The van der Waals surface area contributed by atoms with E-state index in [-0.39, 0.29) is 53.9 Å². The molecule has 8 atom stereocenters. The van der Waals surface area contributed by atoms with Crippen molar-refractivity contribution in [1.29, 1.82) is 0 Å². The molecular formula is C27H26N2O6. The maximum absolute atomic E-state index is 13.5. The Labute approximate surface area is 202 Å². The van der Waals surface area contributed by atoms with Gasteiger partial charge in [-0.25, -0.2) is 0 Å². The van der Waals surface area contributed by atoms with Crippen molar-refractivity contribution in [2.45, 2.75) is 81.9 Å². The average molecular weight is 475 g/mol. The van der Waals surface area contributed by atoms with Gasteiger partial charge in [0, 0.05) is 55.4 Å². The number of carbonyl (C=O) groups is 2. The summed E-state index contributed by atoms with van der Waals surface area (Å²) in [5.74, 6) is 1.85. The molecule has 1 aromatic carbocycles. The van der Waals surface area contributed by atoms with E-state index in [4.69, 9.17) is 20.6 Å². The summed E-state index contributed by atoms with van der Waals surface area (Å²) in [6.07, 6.45) is 6.00. The number of esters is 2. The molecule has 8 nitrogen and oxygen atoms in total. The van der Waals surface area contributed by atoms with Crippen LogP contribution in [0.4, 0.5) is 0 Å². The smallest absolute Gasteiger partial charge is 0.313 e. The fraction of sp³-hybridized carbons (Fsp3) is 0.593. The lowest BCUT2D eigenvalue weighted by molar-refractivity contribution is -0.221. The summed E-state index contributed by atoms with van der Waals surface area (Å²) in [4.78, 5) is 39.3. The molecule has 1 saturated carbocycles. The zero-order chi connectivity index (χ0) is 24.3. The summed E-state index contributed by atoms with van der Waals surface area (Å²) < 4.78 is 18.5. The highest BCUT2D eigenvalue weighted by atomic mass is 16.6. The maximum Gasteiger partial charge on any atom is 0.313 e. The molecule has 4 heterocycles. The van der Waals surface area contributed by atoms with Crippen molar-refractivity contribution in [1.82, 2.24) is 0 Å². The van der Waals surface area contributed by atoms with Gasteiger partial charge in [0.15, 0.2) is 11.1 Å². The minimum atomic E-state index is -0.832. The minimum Gasteiger partial charge on any atom is -0.459 e. The number of carbonyl (C=O) groups excluding carboxylic acids is 2. The SMILES string of the molecule is C#CCCC1(CCC(=O)O[C@H]2C[C@]34C(=O)O[C@H]5[C@H](O[C@H]6c7c(C)cc(=O)cc2c7[C@@H]3[C@@H]56)[C@H]4C)N=N1. The Morgan fingerprint density at radius 1 is 1.23 bits per heavy atom. The summed E-state index contributed by atoms with van der Waals surface area (Å²) in [6.45, 7) is 3.97. The Bertz CT molecular complexity index is 1320. The number of fused-ring (bicyclic) bond motifs is 2. The Morgan fingerprint density at radius 3 is 2.77 bits per heavy atom. The summed E-state index contributed by atoms with van der Waals surface area (Å²) in [5, 5.41) is 8.19. The van der Waals surface area contributed by atoms with Crippen LogP contribution in [-0.4, -0.2) is 29.8 Å². The topological polar surface area (TPSA) is 104 Å². The standard InChI is InChI=1S/C27H26N2O6/c1-4-5-7-26(28-29-26)8-6-17(31)33-16-11-27-13(3)22-24(35-25(27)32)20-21(27)19-15(16)10-14(30)9-12(2)18(19)23(20)34-22/h1,9-10,13,16,20-24H,5-8,11H2,2-3H3/t13-,16+,20-,21-,22-,23+,24-,27-/m1/s1. The minimum absolute atomic E-state index is 0.0459. The van der Waals surface area contributed by atoms with Gasteiger partial charge < -0.3 is 14.2 Å². The number of hydrogen-bond donors (Lipinski definition) is 0. The fourth-order valence-electron chi connectivity index (χ4n) is 7.85. The Kier molecular flexibility index (Phi) is 4.12. The first-order valence-electron chi connectivity index (χ1n) is 12.4. The number of ether oxygens (including phenoxy) is 3. The van der Waals surface area contributed by atoms with Crippen LogP contribution in [0.3, 0.4) is 0 Å². The molecule has 1 spiro atoms. The van der Waals surface area contributed by atoms with Crippen LogP contribution >= 0.6 is 0 Å². The van der Waals surface area contributed by atoms with E-state index in [0.29, 0.717) is 31.2 Å². The second-order valence-corrected chi connectivity index (χ2v) is 11.0. The van der Waals surface area contributed by atoms with Crippen LogP contribution in [-0.2, 0) is 23.8 Å². The summed E-state index contributed by atoms with van der Waals surface area (Å²) >= 11 is 0. The Hall–Kier alpha value is -3.05. The number of rotatable bonds is 6. The van der Waals surface area contributed by atoms with Crippen molar-refractivity contribution in [3.63, 3.8) is 0 Å². The molecule has 0 unspecified atom stereocenters. The molecule has 8 heteroatoms. The van der Waals surface area contributed by atoms with Crippen molar-refractivity contribution in [2.75, 3.05) is 0 Å². The largest absolute Gasteiger partial charge is 0.459 e. The first-order valence-corrected chi connectivity index (χ1v) is 12.4. The summed E-state index contributed by atoms with van der Waals surface area (Å²) in [5.41, 5.74) is 1.96. The predicted molar refractivity (Wildman–Crippen MR) is 121 cm³/mol. The number of hydrogen-bond acceptors (Lipinski definition) is 8. The van der Waals surface area contributed by atoms with Gasteiger partial charge in [0.25, 0.3) is 0 Å². The molecule has 0 N–H and O–H groups in total. The van der Waals surface area contributed by atoms with Crippen molar-refractivity contribution in [3.8, 4) is 12.3 Å². The van der Waals surface area contributed by atoms with Gasteiger partial charge in [-0.3, -0.25) is 14.4 Å². The van der Waals surface area contributed by atoms with Gasteiger partial charge >= 0.3 is 11.9 Å². The third-order valence-corrected chi connectivity index (χ3v) is 9.43. The monoisotopic (exact) mass is 474 g/mol. The van der Waals surface area contributed by atoms with Crippen molar-refractivity contribution < 1.29 is 23.8 Å². The van der Waals surface area contributed by atoms with Gasteiger partial charge in [0.1, 0.15) is 12.2 Å². The first kappa shape index (κ1) is 21.3. The molecule has 0 amide bonds. The predicted octanol–water partition coefficient (Wildman–Crippen LogP) is 3.41. The Morgan fingerprint density at radius 2 is 2.03 bits per heavy atom. The van der Waals surface area contributed by atoms with Crippen molar-refractivity contribution in [2.24, 2.45) is 27.5 Å². The molecule has 4 aliphatic heterocycles. The van der Waals surface area contributed by atoms with Gasteiger partial charge in [0.05, 0.1) is 17.6 Å². The molecule has 180 valence electrons. The zero-order valence-electron chi connectivity index (χ0n) is 19.7. The average Bonchev–Trinajstić information content (AvgIpc) is 3.43. The second-order valence-electron chi connectivity index (χ2n) is 11.0. The lowest BCUT2D eigenvalue weighted by atomic mass is 9.49. The van der Waals surface area contributed by atoms with Crippen LogP contribution in [0.25, 0.3) is 0 Å². The molecule has 0 aromatic heterocycles. The molecule has 7 aliphatic rings. The zero-order valence-corrected chi connectivity index (χ0v) is 19.7. The quantitative estimate of drug-likeness (QED) is 0.462. The molecule has 1 aromatic rings. The molecule has 4 fully saturated rings. The molecule has 4 bridgehead atoms. The molecule has 3 aliphatic carbocycles. The lowest BCUT2D eigenvalue weighted by Gasteiger charge is -2.58. The number of aryl methyl sites for hydroxylation is 1. The fourth-order valence-corrected chi connectivity index (χ4v) is 7.85. The number of nitrogens with zero attached hydrogens (tertiary/aromatic N) is 2. The van der Waals surface area contributed by atoms with Gasteiger partial charge in [-0.2, -0.15) is 10.2 Å². The number of terminal acetylenes is 1. The van der Waals surface area contributed by atoms with Crippen LogP contribution in [0.15, 0.2) is 27.2 Å². The van der Waals surface area contributed by atoms with Crippen LogP contribution in [0.2, 0.25) is 0 Å².